The van der Waals surface area contributed by atoms with Crippen LogP contribution in [0.2, 0.25) is 20.1 Å². The van der Waals surface area contributed by atoms with Gasteiger partial charge in [-0.25, -0.2) is 4.79 Å². The summed E-state index contributed by atoms with van der Waals surface area (Å²) in [5, 5.41) is 10.1. The summed E-state index contributed by atoms with van der Waals surface area (Å²) in [6.45, 7) is 4.87. The van der Waals surface area contributed by atoms with Gasteiger partial charge in [-0.2, -0.15) is 0 Å². The van der Waals surface area contributed by atoms with E-state index in [1.807, 2.05) is 0 Å². The molecule has 2 aromatic rings. The highest BCUT2D eigenvalue weighted by Gasteiger charge is 2.26. The Balaban J connectivity index is 2.13. The monoisotopic (exact) mass is 593 g/mol. The standard InChI is InChI=1S/C27H19Cl4NO6/c1-12(2)27(36)38-24-11-23-16(9-20(24)31)25(15-8-19(30)21(34)10-22(15)37-23)13-6-17(28)18(29)7-14(13)26(35)32(3)4-5-33/h6-11,33H,1,4-5H2,2-3H3. The number of carbonyl (C=O) groups excluding carboxylic acids is 2. The summed E-state index contributed by atoms with van der Waals surface area (Å²) in [6, 6.07) is 8.48. The van der Waals surface area contributed by atoms with Crippen LogP contribution >= 0.6 is 46.4 Å². The van der Waals surface area contributed by atoms with E-state index in [0.29, 0.717) is 22.1 Å². The highest BCUT2D eigenvalue weighted by Crippen LogP contribution is 2.46. The van der Waals surface area contributed by atoms with Crippen molar-refractivity contribution in [1.82, 2.24) is 4.90 Å². The summed E-state index contributed by atoms with van der Waals surface area (Å²) in [5.41, 5.74) is 1.19. The van der Waals surface area contributed by atoms with Crippen molar-refractivity contribution in [3.8, 4) is 28.2 Å². The van der Waals surface area contributed by atoms with E-state index in [0.717, 1.165) is 0 Å². The summed E-state index contributed by atoms with van der Waals surface area (Å²) < 4.78 is 11.3. The van der Waals surface area contributed by atoms with Gasteiger partial charge in [-0.1, -0.05) is 53.0 Å². The Morgan fingerprint density at radius 3 is 2.29 bits per heavy atom. The Morgan fingerprint density at radius 2 is 1.63 bits per heavy atom. The Bertz CT molecular complexity index is 1660. The second-order valence-corrected chi connectivity index (χ2v) is 10.1. The number of hydrogen-bond donors (Lipinski definition) is 1. The van der Waals surface area contributed by atoms with Crippen LogP contribution in [-0.4, -0.2) is 42.1 Å². The van der Waals surface area contributed by atoms with E-state index in [-0.39, 0.29) is 61.5 Å². The molecule has 38 heavy (non-hydrogen) atoms. The first-order valence-corrected chi connectivity index (χ1v) is 12.6. The molecule has 0 atom stereocenters. The quantitative estimate of drug-likeness (QED) is 0.115. The lowest BCUT2D eigenvalue weighted by molar-refractivity contribution is -0.130. The topological polar surface area (TPSA) is 97.0 Å². The second-order valence-electron chi connectivity index (χ2n) is 8.47. The molecular weight excluding hydrogens is 576 g/mol. The molecule has 0 bridgehead atoms. The van der Waals surface area contributed by atoms with Crippen LogP contribution in [0.3, 0.4) is 0 Å². The predicted molar refractivity (Wildman–Crippen MR) is 149 cm³/mol. The maximum atomic E-state index is 13.4. The van der Waals surface area contributed by atoms with Crippen molar-refractivity contribution in [3.05, 3.63) is 84.4 Å². The summed E-state index contributed by atoms with van der Waals surface area (Å²) in [7, 11) is 1.53. The molecule has 1 heterocycles. The number of halogens is 4. The molecule has 1 amide bonds. The molecule has 0 radical (unpaired) electrons. The Kier molecular flexibility index (Phi) is 8.06. The fourth-order valence-electron chi connectivity index (χ4n) is 3.84. The lowest BCUT2D eigenvalue weighted by atomic mass is 9.90. The highest BCUT2D eigenvalue weighted by atomic mass is 35.5. The number of aliphatic hydroxyl groups is 1. The Morgan fingerprint density at radius 1 is 0.974 bits per heavy atom. The van der Waals surface area contributed by atoms with Gasteiger partial charge in [0.1, 0.15) is 11.3 Å². The average Bonchev–Trinajstić information content (AvgIpc) is 2.85. The Labute approximate surface area is 237 Å². The van der Waals surface area contributed by atoms with Crippen molar-refractivity contribution >= 4 is 69.2 Å². The van der Waals surface area contributed by atoms with Crippen molar-refractivity contribution in [1.29, 1.82) is 0 Å². The van der Waals surface area contributed by atoms with Crippen LogP contribution in [0.15, 0.2) is 57.8 Å². The summed E-state index contributed by atoms with van der Waals surface area (Å²) in [5.74, 6) is -0.982. The summed E-state index contributed by atoms with van der Waals surface area (Å²) in [6.07, 6.45) is 0. The van der Waals surface area contributed by atoms with Gasteiger partial charge in [0.15, 0.2) is 5.75 Å². The fourth-order valence-corrected chi connectivity index (χ4v) is 4.53. The van der Waals surface area contributed by atoms with Gasteiger partial charge in [-0.05, 0) is 36.8 Å². The third-order valence-electron chi connectivity index (χ3n) is 5.72. The summed E-state index contributed by atoms with van der Waals surface area (Å²) in [4.78, 5) is 39.3. The van der Waals surface area contributed by atoms with Crippen molar-refractivity contribution in [2.75, 3.05) is 20.2 Å². The minimum absolute atomic E-state index is 0.00523. The highest BCUT2D eigenvalue weighted by molar-refractivity contribution is 6.42. The van der Waals surface area contributed by atoms with Crippen LogP contribution in [0, 0.1) is 0 Å². The van der Waals surface area contributed by atoms with Gasteiger partial charge in [0.2, 0.25) is 5.43 Å². The lowest BCUT2D eigenvalue weighted by Crippen LogP contribution is -2.30. The smallest absolute Gasteiger partial charge is 0.338 e. The van der Waals surface area contributed by atoms with Crippen molar-refractivity contribution in [2.45, 2.75) is 6.92 Å². The van der Waals surface area contributed by atoms with E-state index in [4.69, 9.17) is 55.6 Å². The minimum atomic E-state index is -0.690. The van der Waals surface area contributed by atoms with Gasteiger partial charge >= 0.3 is 5.97 Å². The first-order chi connectivity index (χ1) is 17.9. The zero-order valence-electron chi connectivity index (χ0n) is 20.0. The van der Waals surface area contributed by atoms with Crippen molar-refractivity contribution in [3.63, 3.8) is 0 Å². The first kappa shape index (κ1) is 28.0. The molecule has 0 aromatic heterocycles. The molecule has 11 heteroatoms. The van der Waals surface area contributed by atoms with Gasteiger partial charge in [0.05, 0.1) is 26.7 Å². The molecular formula is C27H19Cl4NO6. The van der Waals surface area contributed by atoms with Crippen LogP contribution in [-0.2, 0) is 4.79 Å². The molecule has 7 nitrogen and oxygen atoms in total. The number of fused-ring (bicyclic) bond motifs is 2. The number of likely N-dealkylation sites (N-methyl/N-ethyl adjacent to an activating group) is 1. The van der Waals surface area contributed by atoms with Crippen LogP contribution in [0.5, 0.6) is 5.75 Å². The normalized spacial score (nSPS) is 11.1. The fraction of sp³-hybridized carbons (Fsp3) is 0.148. The van der Waals surface area contributed by atoms with Gasteiger partial charge in [-0.3, -0.25) is 9.59 Å². The molecule has 0 saturated carbocycles. The van der Waals surface area contributed by atoms with Crippen LogP contribution in [0.1, 0.15) is 17.3 Å². The third-order valence-corrected chi connectivity index (χ3v) is 7.03. The minimum Gasteiger partial charge on any atom is -0.456 e. The number of esters is 1. The molecule has 2 aromatic carbocycles. The number of amides is 1. The zero-order chi connectivity index (χ0) is 27.9. The van der Waals surface area contributed by atoms with E-state index < -0.39 is 17.3 Å². The van der Waals surface area contributed by atoms with E-state index in [2.05, 4.69) is 6.58 Å². The molecule has 1 aliphatic heterocycles. The van der Waals surface area contributed by atoms with E-state index >= 15 is 0 Å². The number of rotatable bonds is 6. The zero-order valence-corrected chi connectivity index (χ0v) is 23.1. The molecule has 0 fully saturated rings. The number of nitrogens with zero attached hydrogens (tertiary/aromatic N) is 1. The van der Waals surface area contributed by atoms with Crippen LogP contribution < -0.4 is 10.2 Å². The van der Waals surface area contributed by atoms with Crippen molar-refractivity contribution in [2.24, 2.45) is 0 Å². The van der Waals surface area contributed by atoms with Gasteiger partial charge in [-0.15, -0.1) is 0 Å². The third kappa shape index (κ3) is 5.25. The maximum Gasteiger partial charge on any atom is 0.338 e. The number of aliphatic hydroxyl groups excluding tert-OH is 1. The number of ether oxygens (including phenoxy) is 1. The largest absolute Gasteiger partial charge is 0.456 e. The predicted octanol–water partition coefficient (Wildman–Crippen LogP) is 6.72. The molecule has 196 valence electrons. The molecule has 0 unspecified atom stereocenters. The van der Waals surface area contributed by atoms with Crippen LogP contribution in [0.25, 0.3) is 33.4 Å². The molecule has 2 aliphatic rings. The maximum absolute atomic E-state index is 13.4. The molecule has 1 aliphatic carbocycles. The molecule has 0 saturated heterocycles. The lowest BCUT2D eigenvalue weighted by Gasteiger charge is -2.22. The van der Waals surface area contributed by atoms with E-state index in [1.165, 1.54) is 55.3 Å². The molecule has 0 spiro atoms. The number of hydrogen-bond acceptors (Lipinski definition) is 6. The SMILES string of the molecule is C=C(C)C(=O)Oc1cc2oc3cc(=O)c(Cl)cc-3c(-c3cc(Cl)c(Cl)cc3C(=O)N(C)CCO)c2cc1Cl. The van der Waals surface area contributed by atoms with E-state index in [1.54, 1.807) is 0 Å². The average molecular weight is 595 g/mol. The van der Waals surface area contributed by atoms with Crippen molar-refractivity contribution < 1.29 is 23.8 Å². The van der Waals surface area contributed by atoms with E-state index in [9.17, 15) is 19.5 Å². The first-order valence-electron chi connectivity index (χ1n) is 11.1. The molecule has 4 rings (SSSR count). The Hall–Kier alpha value is -3.07. The number of benzene rings is 3. The number of carbonyl (C=O) groups is 2. The van der Waals surface area contributed by atoms with Crippen LogP contribution in [0.4, 0.5) is 0 Å². The second kappa shape index (κ2) is 11.0. The van der Waals surface area contributed by atoms with Gasteiger partial charge in [0.25, 0.3) is 5.91 Å². The van der Waals surface area contributed by atoms with Gasteiger partial charge in [0, 0.05) is 53.4 Å². The molecule has 1 N–H and O–H groups in total. The summed E-state index contributed by atoms with van der Waals surface area (Å²) >= 11 is 25.4. The van der Waals surface area contributed by atoms with Gasteiger partial charge < -0.3 is 19.2 Å².